The van der Waals surface area contributed by atoms with Gasteiger partial charge in [-0.25, -0.2) is 13.2 Å². The predicted octanol–water partition coefficient (Wildman–Crippen LogP) is 3.29. The van der Waals surface area contributed by atoms with Gasteiger partial charge in [-0.15, -0.1) is 0 Å². The average molecular weight is 456 g/mol. The van der Waals surface area contributed by atoms with Gasteiger partial charge in [0.2, 0.25) is 10.0 Å². The molecule has 0 radical (unpaired) electrons. The average Bonchev–Trinajstić information content (AvgIpc) is 3.27. The smallest absolute Gasteiger partial charge is 0.418 e. The number of alkyl halides is 3. The van der Waals surface area contributed by atoms with Crippen LogP contribution >= 0.6 is 0 Å². The number of halogens is 3. The van der Waals surface area contributed by atoms with E-state index >= 15 is 0 Å². The zero-order valence-corrected chi connectivity index (χ0v) is 17.0. The van der Waals surface area contributed by atoms with E-state index in [1.165, 1.54) is 40.7 Å². The van der Waals surface area contributed by atoms with E-state index in [1.54, 1.807) is 0 Å². The van der Waals surface area contributed by atoms with Crippen molar-refractivity contribution in [2.45, 2.75) is 23.9 Å². The van der Waals surface area contributed by atoms with Crippen LogP contribution < -0.4 is 5.32 Å². The van der Waals surface area contributed by atoms with Gasteiger partial charge in [0.1, 0.15) is 0 Å². The number of amides is 1. The molecule has 166 valence electrons. The lowest BCUT2D eigenvalue weighted by atomic mass is 10.1. The third-order valence-corrected chi connectivity index (χ3v) is 6.55. The van der Waals surface area contributed by atoms with Crippen molar-refractivity contribution in [2.75, 3.05) is 25.0 Å². The number of hydrogen-bond acceptors (Lipinski definition) is 5. The molecule has 1 aliphatic heterocycles. The number of rotatable bonds is 6. The highest BCUT2D eigenvalue weighted by atomic mass is 32.2. The Morgan fingerprint density at radius 1 is 1.00 bits per heavy atom. The lowest BCUT2D eigenvalue weighted by molar-refractivity contribution is -0.137. The molecule has 1 N–H and O–H groups in total. The minimum absolute atomic E-state index is 0.00358. The standard InChI is InChI=1S/C20H19F3N2O5S/c21-20(22,23)16-5-1-2-6-17(16)24-18(26)13-30-19(27)14-7-9-15(10-8-14)31(28,29)25-11-3-4-12-25/h1-2,5-10H,3-4,11-13H2,(H,24,26). The molecule has 1 heterocycles. The summed E-state index contributed by atoms with van der Waals surface area (Å²) in [4.78, 5) is 24.1. The van der Waals surface area contributed by atoms with E-state index in [0.717, 1.165) is 25.0 Å². The van der Waals surface area contributed by atoms with E-state index in [9.17, 15) is 31.2 Å². The minimum atomic E-state index is -4.66. The van der Waals surface area contributed by atoms with Crippen molar-refractivity contribution < 1.29 is 35.9 Å². The molecule has 7 nitrogen and oxygen atoms in total. The summed E-state index contributed by atoms with van der Waals surface area (Å²) in [7, 11) is -3.63. The SMILES string of the molecule is O=C(COC(=O)c1ccc(S(=O)(=O)N2CCCC2)cc1)Nc1ccccc1C(F)(F)F. The molecule has 2 aromatic rings. The van der Waals surface area contributed by atoms with Gasteiger partial charge in [-0.05, 0) is 49.2 Å². The molecule has 0 aromatic heterocycles. The zero-order chi connectivity index (χ0) is 22.6. The van der Waals surface area contributed by atoms with Gasteiger partial charge >= 0.3 is 12.1 Å². The number of nitrogens with one attached hydrogen (secondary N) is 1. The first kappa shape index (κ1) is 22.8. The fraction of sp³-hybridized carbons (Fsp3) is 0.300. The Labute approximate surface area is 176 Å². The minimum Gasteiger partial charge on any atom is -0.452 e. The summed E-state index contributed by atoms with van der Waals surface area (Å²) in [5, 5.41) is 2.06. The van der Waals surface area contributed by atoms with Crippen LogP contribution in [0.1, 0.15) is 28.8 Å². The molecule has 1 aliphatic rings. The summed E-state index contributed by atoms with van der Waals surface area (Å²) in [5.74, 6) is -1.86. The highest BCUT2D eigenvalue weighted by molar-refractivity contribution is 7.89. The fourth-order valence-electron chi connectivity index (χ4n) is 3.08. The van der Waals surface area contributed by atoms with Crippen LogP contribution in [-0.2, 0) is 25.7 Å². The van der Waals surface area contributed by atoms with Gasteiger partial charge in [-0.1, -0.05) is 12.1 Å². The summed E-state index contributed by atoms with van der Waals surface area (Å²) >= 11 is 0. The number of hydrogen-bond donors (Lipinski definition) is 1. The van der Waals surface area contributed by atoms with Crippen LogP contribution in [0, 0.1) is 0 Å². The Bertz CT molecular complexity index is 1060. The first-order chi connectivity index (χ1) is 14.6. The van der Waals surface area contributed by atoms with Crippen molar-refractivity contribution >= 4 is 27.6 Å². The largest absolute Gasteiger partial charge is 0.452 e. The molecular formula is C20H19F3N2O5S. The number of nitrogens with zero attached hydrogens (tertiary/aromatic N) is 1. The van der Waals surface area contributed by atoms with Gasteiger partial charge in [0, 0.05) is 13.1 Å². The lowest BCUT2D eigenvalue weighted by Gasteiger charge is -2.15. The van der Waals surface area contributed by atoms with Gasteiger partial charge in [-0.3, -0.25) is 4.79 Å². The van der Waals surface area contributed by atoms with Gasteiger partial charge in [0.15, 0.2) is 6.61 Å². The topological polar surface area (TPSA) is 92.8 Å². The second-order valence-electron chi connectivity index (χ2n) is 6.80. The van der Waals surface area contributed by atoms with Crippen LogP contribution in [0.5, 0.6) is 0 Å². The number of ether oxygens (including phenoxy) is 1. The molecule has 1 saturated heterocycles. The number of anilines is 1. The molecule has 0 bridgehead atoms. The lowest BCUT2D eigenvalue weighted by Crippen LogP contribution is -2.27. The highest BCUT2D eigenvalue weighted by Gasteiger charge is 2.33. The zero-order valence-electron chi connectivity index (χ0n) is 16.2. The van der Waals surface area contributed by atoms with Crippen molar-refractivity contribution in [1.82, 2.24) is 4.31 Å². The highest BCUT2D eigenvalue weighted by Crippen LogP contribution is 2.34. The van der Waals surface area contributed by atoms with E-state index in [4.69, 9.17) is 4.74 Å². The van der Waals surface area contributed by atoms with Crippen LogP contribution in [0.2, 0.25) is 0 Å². The molecule has 1 fully saturated rings. The normalized spacial score (nSPS) is 14.9. The summed E-state index contributed by atoms with van der Waals surface area (Å²) < 4.78 is 70.0. The Morgan fingerprint density at radius 2 is 1.61 bits per heavy atom. The predicted molar refractivity (Wildman–Crippen MR) is 105 cm³/mol. The maximum Gasteiger partial charge on any atom is 0.418 e. The fourth-order valence-corrected chi connectivity index (χ4v) is 4.60. The first-order valence-corrected chi connectivity index (χ1v) is 10.8. The van der Waals surface area contributed by atoms with E-state index in [-0.39, 0.29) is 10.5 Å². The Kier molecular flexibility index (Phi) is 6.65. The maximum absolute atomic E-state index is 13.0. The molecule has 0 saturated carbocycles. The Morgan fingerprint density at radius 3 is 2.23 bits per heavy atom. The molecule has 0 unspecified atom stereocenters. The van der Waals surface area contributed by atoms with Crippen LogP contribution in [0.25, 0.3) is 0 Å². The first-order valence-electron chi connectivity index (χ1n) is 9.32. The van der Waals surface area contributed by atoms with Gasteiger partial charge in [0.05, 0.1) is 21.7 Å². The molecule has 3 rings (SSSR count). The van der Waals surface area contributed by atoms with Crippen molar-refractivity contribution in [3.8, 4) is 0 Å². The van der Waals surface area contributed by atoms with Crippen molar-refractivity contribution in [2.24, 2.45) is 0 Å². The number of esters is 1. The molecule has 2 aromatic carbocycles. The monoisotopic (exact) mass is 456 g/mol. The van der Waals surface area contributed by atoms with E-state index < -0.39 is 45.9 Å². The summed E-state index contributed by atoms with van der Waals surface area (Å²) in [6.07, 6.45) is -3.07. The van der Waals surface area contributed by atoms with Gasteiger partial charge < -0.3 is 10.1 Å². The quantitative estimate of drug-likeness (QED) is 0.674. The molecule has 0 atom stereocenters. The second-order valence-corrected chi connectivity index (χ2v) is 8.74. The summed E-state index contributed by atoms with van der Waals surface area (Å²) in [6.45, 7) is 0.0796. The van der Waals surface area contributed by atoms with Crippen molar-refractivity contribution in [3.63, 3.8) is 0 Å². The summed E-state index contributed by atoms with van der Waals surface area (Å²) in [6, 6.07) is 9.46. The molecule has 0 aliphatic carbocycles. The third-order valence-electron chi connectivity index (χ3n) is 4.63. The molecule has 1 amide bonds. The van der Waals surface area contributed by atoms with Crippen LogP contribution in [0.4, 0.5) is 18.9 Å². The van der Waals surface area contributed by atoms with Gasteiger partial charge in [0.25, 0.3) is 5.91 Å². The number of sulfonamides is 1. The number of para-hydroxylation sites is 1. The van der Waals surface area contributed by atoms with Crippen LogP contribution in [0.15, 0.2) is 53.4 Å². The molecular weight excluding hydrogens is 437 g/mol. The molecule has 31 heavy (non-hydrogen) atoms. The Balaban J connectivity index is 1.59. The molecule has 0 spiro atoms. The number of benzene rings is 2. The van der Waals surface area contributed by atoms with Gasteiger partial charge in [-0.2, -0.15) is 17.5 Å². The number of carbonyl (C=O) groups is 2. The third kappa shape index (κ3) is 5.42. The summed E-state index contributed by atoms with van der Waals surface area (Å²) in [5.41, 5.74) is -1.47. The van der Waals surface area contributed by atoms with Crippen molar-refractivity contribution in [3.05, 3.63) is 59.7 Å². The second kappa shape index (κ2) is 9.06. The number of carbonyl (C=O) groups excluding carboxylic acids is 2. The maximum atomic E-state index is 13.0. The van der Waals surface area contributed by atoms with Crippen LogP contribution in [-0.4, -0.2) is 44.3 Å². The van der Waals surface area contributed by atoms with E-state index in [1.807, 2.05) is 0 Å². The molecule has 11 heteroatoms. The van der Waals surface area contributed by atoms with E-state index in [0.29, 0.717) is 13.1 Å². The Hall–Kier alpha value is -2.92. The van der Waals surface area contributed by atoms with Crippen LogP contribution in [0.3, 0.4) is 0 Å². The van der Waals surface area contributed by atoms with Crippen molar-refractivity contribution in [1.29, 1.82) is 0 Å². The van der Waals surface area contributed by atoms with E-state index in [2.05, 4.69) is 5.32 Å².